The molecule has 1 aliphatic rings. The summed E-state index contributed by atoms with van der Waals surface area (Å²) in [4.78, 5) is 8.50. The Bertz CT molecular complexity index is 1090. The van der Waals surface area contributed by atoms with Crippen molar-refractivity contribution < 1.29 is 0 Å². The summed E-state index contributed by atoms with van der Waals surface area (Å²) in [6.45, 7) is 13.3. The Balaban J connectivity index is 1.70. The SMILES string of the molecule is C=C(C(=S)c1c(C)cc(C2=CC(C)=NC2)cc1S)N(CCC)CCCC(=P)c1ccccc1. The Morgan fingerprint density at radius 3 is 2.52 bits per heavy atom. The molecule has 0 atom stereocenters. The largest absolute Gasteiger partial charge is 0.371 e. The van der Waals surface area contributed by atoms with Crippen LogP contribution in [-0.4, -0.2) is 40.4 Å². The summed E-state index contributed by atoms with van der Waals surface area (Å²) in [6.07, 6.45) is 5.19. The normalized spacial score (nSPS) is 12.8. The molecule has 1 heterocycles. The predicted octanol–water partition coefficient (Wildman–Crippen LogP) is 7.23. The van der Waals surface area contributed by atoms with Gasteiger partial charge >= 0.3 is 0 Å². The summed E-state index contributed by atoms with van der Waals surface area (Å²) in [5.74, 6) is 0. The third-order valence-corrected chi connectivity index (χ3v) is 7.24. The van der Waals surface area contributed by atoms with Crippen molar-refractivity contribution in [2.45, 2.75) is 44.9 Å². The van der Waals surface area contributed by atoms with Crippen molar-refractivity contribution in [3.8, 4) is 0 Å². The Labute approximate surface area is 212 Å². The number of hydrogen-bond acceptors (Lipinski definition) is 4. The maximum Gasteiger partial charge on any atom is 0.0690 e. The van der Waals surface area contributed by atoms with Crippen LogP contribution in [0.4, 0.5) is 0 Å². The predicted molar refractivity (Wildman–Crippen MR) is 155 cm³/mol. The van der Waals surface area contributed by atoms with Gasteiger partial charge in [-0.15, -0.1) is 21.5 Å². The van der Waals surface area contributed by atoms with Crippen LogP contribution in [0.15, 0.2) is 70.7 Å². The van der Waals surface area contributed by atoms with E-state index in [-0.39, 0.29) is 0 Å². The monoisotopic (exact) mass is 492 g/mol. The first kappa shape index (κ1) is 25.6. The lowest BCUT2D eigenvalue weighted by atomic mass is 9.96. The summed E-state index contributed by atoms with van der Waals surface area (Å²) in [6, 6.07) is 14.8. The summed E-state index contributed by atoms with van der Waals surface area (Å²) in [5, 5.41) is 1.23. The molecule has 0 fully saturated rings. The molecule has 0 N–H and O–H groups in total. The summed E-state index contributed by atoms with van der Waals surface area (Å²) in [5.41, 5.74) is 7.76. The van der Waals surface area contributed by atoms with E-state index in [0.717, 1.165) is 71.2 Å². The first-order valence-corrected chi connectivity index (χ1v) is 12.8. The fourth-order valence-electron chi connectivity index (χ4n) is 4.15. The molecule has 172 valence electrons. The van der Waals surface area contributed by atoms with Gasteiger partial charge in [0.1, 0.15) is 0 Å². The van der Waals surface area contributed by atoms with Crippen molar-refractivity contribution in [2.24, 2.45) is 4.99 Å². The van der Waals surface area contributed by atoms with Gasteiger partial charge in [0.25, 0.3) is 0 Å². The molecule has 0 saturated heterocycles. The molecule has 0 unspecified atom stereocenters. The zero-order chi connectivity index (χ0) is 24.0. The Hall–Kier alpha value is -2.00. The second-order valence-electron chi connectivity index (χ2n) is 8.53. The number of rotatable bonds is 11. The highest BCUT2D eigenvalue weighted by Gasteiger charge is 2.19. The Kier molecular flexibility index (Phi) is 9.26. The van der Waals surface area contributed by atoms with Crippen LogP contribution in [0.25, 0.3) is 5.57 Å². The van der Waals surface area contributed by atoms with Gasteiger partial charge in [0.05, 0.1) is 11.4 Å². The number of thiol groups is 1. The molecule has 1 aliphatic heterocycles. The minimum Gasteiger partial charge on any atom is -0.371 e. The van der Waals surface area contributed by atoms with Gasteiger partial charge in [-0.25, -0.2) is 0 Å². The molecule has 0 amide bonds. The minimum atomic E-state index is 0.731. The highest BCUT2D eigenvalue weighted by molar-refractivity contribution is 7.82. The van der Waals surface area contributed by atoms with Crippen LogP contribution in [0.3, 0.4) is 0 Å². The van der Waals surface area contributed by atoms with Crippen LogP contribution in [0.1, 0.15) is 55.4 Å². The van der Waals surface area contributed by atoms with E-state index in [1.54, 1.807) is 0 Å². The number of aliphatic imine (C=N–C) groups is 1. The maximum absolute atomic E-state index is 5.94. The molecular formula is C28H33N2PS2. The lowest BCUT2D eigenvalue weighted by molar-refractivity contribution is 0.359. The quantitative estimate of drug-likeness (QED) is 0.117. The second kappa shape index (κ2) is 11.9. The summed E-state index contributed by atoms with van der Waals surface area (Å²) in [7, 11) is 3.82. The molecule has 0 saturated carbocycles. The molecule has 0 aromatic heterocycles. The molecule has 2 nitrogen and oxygen atoms in total. The molecule has 0 spiro atoms. The van der Waals surface area contributed by atoms with Crippen LogP contribution in [0.5, 0.6) is 0 Å². The van der Waals surface area contributed by atoms with E-state index in [1.807, 2.05) is 13.0 Å². The van der Waals surface area contributed by atoms with Gasteiger partial charge in [0.2, 0.25) is 0 Å². The second-order valence-corrected chi connectivity index (χ2v) is 10.0. The van der Waals surface area contributed by atoms with Crippen LogP contribution < -0.4 is 0 Å². The van der Waals surface area contributed by atoms with Gasteiger partial charge in [0, 0.05) is 35.0 Å². The van der Waals surface area contributed by atoms with Gasteiger partial charge in [-0.3, -0.25) is 4.99 Å². The summed E-state index contributed by atoms with van der Waals surface area (Å²) >= 11 is 10.8. The number of aryl methyl sites for hydroxylation is 1. The summed E-state index contributed by atoms with van der Waals surface area (Å²) < 4.78 is 0. The van der Waals surface area contributed by atoms with Gasteiger partial charge in [0.15, 0.2) is 0 Å². The number of thiocarbonyl (C=S) groups is 1. The van der Waals surface area contributed by atoms with Gasteiger partial charge in [-0.2, -0.15) is 0 Å². The number of allylic oxidation sites excluding steroid dienone is 2. The zero-order valence-electron chi connectivity index (χ0n) is 19.8. The van der Waals surface area contributed by atoms with Gasteiger partial charge in [-0.1, -0.05) is 62.1 Å². The van der Waals surface area contributed by atoms with Crippen molar-refractivity contribution in [2.75, 3.05) is 19.6 Å². The van der Waals surface area contributed by atoms with Crippen molar-refractivity contribution in [1.29, 1.82) is 0 Å². The average molecular weight is 493 g/mol. The highest BCUT2D eigenvalue weighted by Crippen LogP contribution is 2.29. The topological polar surface area (TPSA) is 15.6 Å². The first-order valence-electron chi connectivity index (χ1n) is 11.5. The average Bonchev–Trinajstić information content (AvgIpc) is 3.24. The number of hydrogen-bond donors (Lipinski definition) is 1. The third-order valence-electron chi connectivity index (χ3n) is 5.91. The Morgan fingerprint density at radius 2 is 1.91 bits per heavy atom. The van der Waals surface area contributed by atoms with Crippen molar-refractivity contribution in [3.05, 3.63) is 83.1 Å². The van der Waals surface area contributed by atoms with Crippen molar-refractivity contribution >= 4 is 55.2 Å². The van der Waals surface area contributed by atoms with E-state index < -0.39 is 0 Å². The third kappa shape index (κ3) is 6.53. The fourth-order valence-corrected chi connectivity index (χ4v) is 5.39. The molecule has 0 aliphatic carbocycles. The van der Waals surface area contributed by atoms with Crippen molar-refractivity contribution in [1.82, 2.24) is 4.90 Å². The van der Waals surface area contributed by atoms with E-state index in [2.05, 4.69) is 81.7 Å². The van der Waals surface area contributed by atoms with E-state index in [1.165, 1.54) is 22.0 Å². The molecular weight excluding hydrogens is 459 g/mol. The van der Waals surface area contributed by atoms with E-state index >= 15 is 0 Å². The zero-order valence-corrected chi connectivity index (χ0v) is 22.5. The lowest BCUT2D eigenvalue weighted by Crippen LogP contribution is -2.29. The highest BCUT2D eigenvalue weighted by atomic mass is 32.1. The maximum atomic E-state index is 5.94. The molecule has 2 aromatic carbocycles. The smallest absolute Gasteiger partial charge is 0.0690 e. The molecule has 33 heavy (non-hydrogen) atoms. The number of benzene rings is 2. The minimum absolute atomic E-state index is 0.731. The molecule has 3 rings (SSSR count). The van der Waals surface area contributed by atoms with Crippen LogP contribution in [0.2, 0.25) is 0 Å². The van der Waals surface area contributed by atoms with E-state index in [0.29, 0.717) is 0 Å². The van der Waals surface area contributed by atoms with Gasteiger partial charge < -0.3 is 4.90 Å². The first-order chi connectivity index (χ1) is 15.8. The molecule has 0 bridgehead atoms. The molecule has 0 radical (unpaired) electrons. The van der Waals surface area contributed by atoms with Crippen molar-refractivity contribution in [3.63, 3.8) is 0 Å². The Morgan fingerprint density at radius 1 is 1.18 bits per heavy atom. The number of nitrogens with zero attached hydrogens (tertiary/aromatic N) is 2. The van der Waals surface area contributed by atoms with Gasteiger partial charge in [-0.05, 0) is 72.8 Å². The molecule has 2 aromatic rings. The van der Waals surface area contributed by atoms with Crippen LogP contribution >= 0.6 is 33.7 Å². The van der Waals surface area contributed by atoms with E-state index in [4.69, 9.17) is 24.8 Å². The fraction of sp³-hybridized carbons (Fsp3) is 0.321. The standard InChI is InChI=1S/C28H33N2PS2/c1-5-13-30(14-9-12-25(31)22-10-7-6-8-11-22)21(4)28(33)27-19(2)15-23(17-26(27)32)24-16-20(3)29-18-24/h6-8,10-11,15-17,31-32H,4-5,9,12-14,18H2,1-3H3. The van der Waals surface area contributed by atoms with Crippen LogP contribution in [0, 0.1) is 6.92 Å². The lowest BCUT2D eigenvalue weighted by Gasteiger charge is -2.28. The molecule has 5 heteroatoms. The van der Waals surface area contributed by atoms with Crippen LogP contribution in [-0.2, 0) is 0 Å². The van der Waals surface area contributed by atoms with E-state index in [9.17, 15) is 0 Å².